The summed E-state index contributed by atoms with van der Waals surface area (Å²) in [6.07, 6.45) is 1.48. The summed E-state index contributed by atoms with van der Waals surface area (Å²) in [5, 5.41) is 7.34. The molecule has 0 spiro atoms. The molecule has 0 unspecified atom stereocenters. The fourth-order valence-corrected chi connectivity index (χ4v) is 3.39. The first-order valence-corrected chi connectivity index (χ1v) is 11.6. The van der Waals surface area contributed by atoms with Crippen LogP contribution in [-0.4, -0.2) is 31.2 Å². The average Bonchev–Trinajstić information content (AvgIpc) is 2.82. The number of halogens is 2. The molecule has 0 saturated heterocycles. The maximum absolute atomic E-state index is 12.3. The van der Waals surface area contributed by atoms with Crippen LogP contribution in [-0.2, 0) is 4.79 Å². The average molecular weight is 545 g/mol. The van der Waals surface area contributed by atoms with E-state index in [1.807, 2.05) is 38.1 Å². The van der Waals surface area contributed by atoms with Crippen molar-refractivity contribution in [1.82, 2.24) is 5.43 Å². The van der Waals surface area contributed by atoms with Crippen LogP contribution in [0.4, 0.5) is 5.69 Å². The van der Waals surface area contributed by atoms with E-state index in [1.54, 1.807) is 36.4 Å². The van der Waals surface area contributed by atoms with Gasteiger partial charge in [-0.2, -0.15) is 5.10 Å². The van der Waals surface area contributed by atoms with Crippen molar-refractivity contribution in [3.05, 3.63) is 86.8 Å². The van der Waals surface area contributed by atoms with Crippen LogP contribution in [0.5, 0.6) is 11.5 Å². The molecule has 0 aromatic heterocycles. The number of anilines is 1. The minimum atomic E-state index is -0.367. The highest BCUT2D eigenvalue weighted by molar-refractivity contribution is 9.10. The number of nitrogens with one attached hydrogen (secondary N) is 2. The smallest absolute Gasteiger partial charge is 0.271 e. The Balaban J connectivity index is 1.65. The Labute approximate surface area is 211 Å². The lowest BCUT2D eigenvalue weighted by Gasteiger charge is -2.14. The number of aryl methyl sites for hydroxylation is 1. The number of hydrazone groups is 1. The predicted octanol–water partition coefficient (Wildman–Crippen LogP) is 5.59. The van der Waals surface area contributed by atoms with Crippen molar-refractivity contribution in [2.75, 3.05) is 18.5 Å². The maximum atomic E-state index is 12.3. The van der Waals surface area contributed by atoms with Crippen LogP contribution in [0.2, 0.25) is 5.02 Å². The summed E-state index contributed by atoms with van der Waals surface area (Å²) in [5.74, 6) is 0.182. The second-order valence-corrected chi connectivity index (χ2v) is 8.45. The first-order valence-electron chi connectivity index (χ1n) is 10.4. The van der Waals surface area contributed by atoms with Crippen molar-refractivity contribution in [3.63, 3.8) is 0 Å². The van der Waals surface area contributed by atoms with Gasteiger partial charge in [-0.25, -0.2) is 5.43 Å². The van der Waals surface area contributed by atoms with Gasteiger partial charge < -0.3 is 14.8 Å². The number of nitrogens with zero attached hydrogens (tertiary/aromatic N) is 1. The highest BCUT2D eigenvalue weighted by atomic mass is 79.9. The fraction of sp³-hybridized carbons (Fsp3) is 0.160. The van der Waals surface area contributed by atoms with Gasteiger partial charge in [0.05, 0.1) is 12.8 Å². The van der Waals surface area contributed by atoms with E-state index in [1.165, 1.54) is 6.21 Å². The predicted molar refractivity (Wildman–Crippen MR) is 137 cm³/mol. The molecule has 3 aromatic rings. The first-order chi connectivity index (χ1) is 16.4. The highest BCUT2D eigenvalue weighted by Gasteiger charge is 2.13. The molecule has 0 aliphatic heterocycles. The van der Waals surface area contributed by atoms with Gasteiger partial charge in [0.25, 0.3) is 11.8 Å². The van der Waals surface area contributed by atoms with E-state index in [4.69, 9.17) is 21.1 Å². The molecule has 9 heteroatoms. The van der Waals surface area contributed by atoms with Crippen molar-refractivity contribution in [2.45, 2.75) is 13.8 Å². The Morgan fingerprint density at radius 3 is 2.38 bits per heavy atom. The molecule has 3 aromatic carbocycles. The summed E-state index contributed by atoms with van der Waals surface area (Å²) in [6.45, 7) is 4.03. The monoisotopic (exact) mass is 543 g/mol. The Morgan fingerprint density at radius 2 is 1.71 bits per heavy atom. The minimum Gasteiger partial charge on any atom is -0.490 e. The van der Waals surface area contributed by atoms with Gasteiger partial charge in [0.1, 0.15) is 0 Å². The molecule has 3 rings (SSSR count). The van der Waals surface area contributed by atoms with Gasteiger partial charge in [0.2, 0.25) is 0 Å². The third-order valence-corrected chi connectivity index (χ3v) is 5.47. The molecule has 0 aliphatic carbocycles. The molecule has 0 atom stereocenters. The lowest BCUT2D eigenvalue weighted by molar-refractivity contribution is -0.118. The maximum Gasteiger partial charge on any atom is 0.271 e. The molecule has 2 N–H and O–H groups in total. The van der Waals surface area contributed by atoms with Crippen molar-refractivity contribution in [3.8, 4) is 11.5 Å². The second-order valence-electron chi connectivity index (χ2n) is 7.16. The van der Waals surface area contributed by atoms with Crippen LogP contribution in [0.3, 0.4) is 0 Å². The Hall–Kier alpha value is -3.36. The number of rotatable bonds is 9. The summed E-state index contributed by atoms with van der Waals surface area (Å²) in [6, 6.07) is 17.4. The summed E-state index contributed by atoms with van der Waals surface area (Å²) in [4.78, 5) is 24.5. The van der Waals surface area contributed by atoms with E-state index in [0.29, 0.717) is 44.4 Å². The van der Waals surface area contributed by atoms with E-state index in [-0.39, 0.29) is 18.4 Å². The van der Waals surface area contributed by atoms with Crippen molar-refractivity contribution >= 4 is 51.2 Å². The summed E-state index contributed by atoms with van der Waals surface area (Å²) >= 11 is 9.31. The molecule has 7 nitrogen and oxygen atoms in total. The highest BCUT2D eigenvalue weighted by Crippen LogP contribution is 2.33. The number of carbonyl (C=O) groups is 2. The summed E-state index contributed by atoms with van der Waals surface area (Å²) in [5.41, 5.74) is 5.35. The number of ether oxygens (including phenoxy) is 2. The third kappa shape index (κ3) is 7.33. The van der Waals surface area contributed by atoms with Gasteiger partial charge in [-0.15, -0.1) is 0 Å². The topological polar surface area (TPSA) is 89.0 Å². The molecule has 34 heavy (non-hydrogen) atoms. The number of hydrogen-bond acceptors (Lipinski definition) is 5. The van der Waals surface area contributed by atoms with Gasteiger partial charge in [-0.1, -0.05) is 29.3 Å². The quantitative estimate of drug-likeness (QED) is 0.271. The molecule has 176 valence electrons. The third-order valence-electron chi connectivity index (χ3n) is 4.53. The van der Waals surface area contributed by atoms with Gasteiger partial charge in [0, 0.05) is 26.3 Å². The molecule has 0 fully saturated rings. The molecule has 2 amide bonds. The number of carbonyl (C=O) groups excluding carboxylic acids is 2. The zero-order valence-electron chi connectivity index (χ0n) is 18.6. The Kier molecular flexibility index (Phi) is 9.07. The Bertz CT molecular complexity index is 1180. The molecular formula is C25H23BrClN3O4. The number of amides is 2. The normalized spacial score (nSPS) is 10.7. The van der Waals surface area contributed by atoms with Crippen LogP contribution in [0, 0.1) is 6.92 Å². The van der Waals surface area contributed by atoms with E-state index >= 15 is 0 Å². The lowest BCUT2D eigenvalue weighted by Crippen LogP contribution is -2.20. The van der Waals surface area contributed by atoms with Gasteiger partial charge in [-0.05, 0) is 78.3 Å². The van der Waals surface area contributed by atoms with Crippen molar-refractivity contribution in [1.29, 1.82) is 0 Å². The molecular weight excluding hydrogens is 522 g/mol. The van der Waals surface area contributed by atoms with Crippen molar-refractivity contribution < 1.29 is 19.1 Å². The van der Waals surface area contributed by atoms with E-state index < -0.39 is 0 Å². The Morgan fingerprint density at radius 1 is 1.03 bits per heavy atom. The van der Waals surface area contributed by atoms with Gasteiger partial charge >= 0.3 is 0 Å². The fourth-order valence-electron chi connectivity index (χ4n) is 2.83. The van der Waals surface area contributed by atoms with Crippen LogP contribution in [0.15, 0.2) is 70.2 Å². The lowest BCUT2D eigenvalue weighted by atomic mass is 10.2. The zero-order chi connectivity index (χ0) is 24.5. The second kappa shape index (κ2) is 12.2. The van der Waals surface area contributed by atoms with Gasteiger partial charge in [0.15, 0.2) is 18.1 Å². The summed E-state index contributed by atoms with van der Waals surface area (Å²) < 4.78 is 12.0. The molecule has 0 bridgehead atoms. The largest absolute Gasteiger partial charge is 0.490 e. The number of hydrogen-bond donors (Lipinski definition) is 2. The van der Waals surface area contributed by atoms with Gasteiger partial charge in [-0.3, -0.25) is 9.59 Å². The minimum absolute atomic E-state index is 0.190. The molecule has 0 heterocycles. The molecule has 0 aliphatic rings. The zero-order valence-corrected chi connectivity index (χ0v) is 20.9. The van der Waals surface area contributed by atoms with Crippen LogP contribution in [0.1, 0.15) is 28.4 Å². The SMILES string of the molecule is CCOc1cc(/C=N\NC(=O)c2ccc(Cl)cc2)c(Br)cc1OCC(=O)Nc1ccc(C)cc1. The van der Waals surface area contributed by atoms with E-state index in [9.17, 15) is 9.59 Å². The summed E-state index contributed by atoms with van der Waals surface area (Å²) in [7, 11) is 0. The number of benzene rings is 3. The first kappa shape index (κ1) is 25.3. The van der Waals surface area contributed by atoms with E-state index in [2.05, 4.69) is 31.8 Å². The van der Waals surface area contributed by atoms with Crippen LogP contribution < -0.4 is 20.2 Å². The van der Waals surface area contributed by atoms with Crippen molar-refractivity contribution in [2.24, 2.45) is 5.10 Å². The molecule has 0 radical (unpaired) electrons. The standard InChI is InChI=1S/C25H23BrClN3O4/c1-3-33-22-12-18(14-28-30-25(32)17-6-8-19(27)9-7-17)21(26)13-23(22)34-15-24(31)29-20-10-4-16(2)5-11-20/h4-14H,3,15H2,1-2H3,(H,29,31)(H,30,32)/b28-14-. The molecule has 0 saturated carbocycles. The van der Waals surface area contributed by atoms with E-state index in [0.717, 1.165) is 5.56 Å². The van der Waals surface area contributed by atoms with Crippen LogP contribution >= 0.6 is 27.5 Å². The van der Waals surface area contributed by atoms with Crippen LogP contribution in [0.25, 0.3) is 0 Å².